The molecule has 1 aromatic carbocycles. The van der Waals surface area contributed by atoms with Crippen LogP contribution in [0.3, 0.4) is 0 Å². The summed E-state index contributed by atoms with van der Waals surface area (Å²) in [4.78, 5) is 14.6. The SMILES string of the molecule is COc1cccc2c1C1(CCN(Cc3cccn(C)c3=O)CC1)OCC2. The van der Waals surface area contributed by atoms with Gasteiger partial charge < -0.3 is 14.0 Å². The van der Waals surface area contributed by atoms with Crippen molar-refractivity contribution in [3.05, 3.63) is 63.6 Å². The third kappa shape index (κ3) is 2.95. The molecule has 0 unspecified atom stereocenters. The maximum absolute atomic E-state index is 12.3. The van der Waals surface area contributed by atoms with E-state index >= 15 is 0 Å². The van der Waals surface area contributed by atoms with E-state index in [0.29, 0.717) is 6.54 Å². The highest BCUT2D eigenvalue weighted by Crippen LogP contribution is 2.45. The Morgan fingerprint density at radius 2 is 2.00 bits per heavy atom. The molecule has 0 radical (unpaired) electrons. The molecule has 0 N–H and O–H groups in total. The molecule has 26 heavy (non-hydrogen) atoms. The fraction of sp³-hybridized carbons (Fsp3) is 0.476. The number of pyridine rings is 1. The number of hydrogen-bond acceptors (Lipinski definition) is 4. The lowest BCUT2D eigenvalue weighted by atomic mass is 9.78. The van der Waals surface area contributed by atoms with Crippen LogP contribution >= 0.6 is 0 Å². The van der Waals surface area contributed by atoms with Crippen molar-refractivity contribution >= 4 is 0 Å². The van der Waals surface area contributed by atoms with Crippen molar-refractivity contribution in [3.63, 3.8) is 0 Å². The van der Waals surface area contributed by atoms with Crippen LogP contribution in [0.2, 0.25) is 0 Å². The molecule has 1 spiro atoms. The molecule has 2 aliphatic rings. The van der Waals surface area contributed by atoms with E-state index in [0.717, 1.165) is 50.3 Å². The van der Waals surface area contributed by atoms with Gasteiger partial charge in [-0.15, -0.1) is 0 Å². The molecule has 138 valence electrons. The second-order valence-electron chi connectivity index (χ2n) is 7.31. The van der Waals surface area contributed by atoms with E-state index in [-0.39, 0.29) is 11.2 Å². The Balaban J connectivity index is 1.54. The zero-order chi connectivity index (χ0) is 18.1. The number of fused-ring (bicyclic) bond motifs is 2. The molecule has 5 nitrogen and oxygen atoms in total. The summed E-state index contributed by atoms with van der Waals surface area (Å²) in [5.74, 6) is 0.938. The summed E-state index contributed by atoms with van der Waals surface area (Å²) in [6, 6.07) is 10.2. The fourth-order valence-corrected chi connectivity index (χ4v) is 4.38. The van der Waals surface area contributed by atoms with Crippen molar-refractivity contribution in [1.29, 1.82) is 0 Å². The highest BCUT2D eigenvalue weighted by molar-refractivity contribution is 5.46. The van der Waals surface area contributed by atoms with E-state index in [1.165, 1.54) is 11.1 Å². The number of benzene rings is 1. The standard InChI is InChI=1S/C21H26N2O3/c1-22-11-4-6-17(20(22)24)15-23-12-9-21(10-13-23)19-16(8-14-26-21)5-3-7-18(19)25-2/h3-7,11H,8-10,12-15H2,1-2H3. The highest BCUT2D eigenvalue weighted by Gasteiger charge is 2.42. The van der Waals surface area contributed by atoms with Gasteiger partial charge in [-0.1, -0.05) is 18.2 Å². The summed E-state index contributed by atoms with van der Waals surface area (Å²) >= 11 is 0. The molecule has 3 heterocycles. The maximum Gasteiger partial charge on any atom is 0.254 e. The first kappa shape index (κ1) is 17.3. The van der Waals surface area contributed by atoms with E-state index in [1.807, 2.05) is 18.2 Å². The number of nitrogens with zero attached hydrogens (tertiary/aromatic N) is 2. The normalized spacial score (nSPS) is 19.3. The van der Waals surface area contributed by atoms with Gasteiger partial charge in [0.15, 0.2) is 0 Å². The lowest BCUT2D eigenvalue weighted by molar-refractivity contribution is -0.100. The van der Waals surface area contributed by atoms with Crippen molar-refractivity contribution < 1.29 is 9.47 Å². The lowest BCUT2D eigenvalue weighted by Gasteiger charge is -2.45. The average molecular weight is 354 g/mol. The van der Waals surface area contributed by atoms with Crippen LogP contribution in [0, 0.1) is 0 Å². The zero-order valence-corrected chi connectivity index (χ0v) is 15.5. The number of likely N-dealkylation sites (tertiary alicyclic amines) is 1. The molecule has 2 aliphatic heterocycles. The van der Waals surface area contributed by atoms with Crippen LogP contribution in [0.5, 0.6) is 5.75 Å². The summed E-state index contributed by atoms with van der Waals surface area (Å²) in [6.45, 7) is 3.28. The van der Waals surface area contributed by atoms with Crippen LogP contribution in [0.1, 0.15) is 29.5 Å². The molecule has 0 bridgehead atoms. The van der Waals surface area contributed by atoms with E-state index in [4.69, 9.17) is 9.47 Å². The molecule has 0 amide bonds. The Labute approximate surface area is 154 Å². The predicted octanol–water partition coefficient (Wildman–Crippen LogP) is 2.46. The molecule has 1 aromatic heterocycles. The molecule has 1 saturated heterocycles. The van der Waals surface area contributed by atoms with Crippen LogP contribution < -0.4 is 10.3 Å². The van der Waals surface area contributed by atoms with E-state index in [1.54, 1.807) is 24.9 Å². The minimum absolute atomic E-state index is 0.0914. The summed E-state index contributed by atoms with van der Waals surface area (Å²) < 4.78 is 13.6. The summed E-state index contributed by atoms with van der Waals surface area (Å²) in [5, 5.41) is 0. The van der Waals surface area contributed by atoms with Gasteiger partial charge in [0, 0.05) is 44.0 Å². The predicted molar refractivity (Wildman–Crippen MR) is 101 cm³/mol. The quantitative estimate of drug-likeness (QED) is 0.849. The van der Waals surface area contributed by atoms with Crippen LogP contribution in [0.4, 0.5) is 0 Å². The van der Waals surface area contributed by atoms with Gasteiger partial charge in [-0.25, -0.2) is 0 Å². The first-order valence-electron chi connectivity index (χ1n) is 9.30. The van der Waals surface area contributed by atoms with Crippen LogP contribution in [-0.4, -0.2) is 36.3 Å². The Hall–Kier alpha value is -2.11. The van der Waals surface area contributed by atoms with Crippen molar-refractivity contribution in [1.82, 2.24) is 9.47 Å². The number of aromatic nitrogens is 1. The van der Waals surface area contributed by atoms with E-state index < -0.39 is 0 Å². The zero-order valence-electron chi connectivity index (χ0n) is 15.5. The molecule has 0 saturated carbocycles. The maximum atomic E-state index is 12.3. The minimum atomic E-state index is -0.252. The summed E-state index contributed by atoms with van der Waals surface area (Å²) in [5.41, 5.74) is 3.28. The molecule has 4 rings (SSSR count). The van der Waals surface area contributed by atoms with Gasteiger partial charge in [0.2, 0.25) is 0 Å². The molecule has 0 aliphatic carbocycles. The Morgan fingerprint density at radius 1 is 1.19 bits per heavy atom. The fourth-order valence-electron chi connectivity index (χ4n) is 4.38. The Morgan fingerprint density at radius 3 is 2.77 bits per heavy atom. The summed E-state index contributed by atoms with van der Waals surface area (Å²) in [7, 11) is 3.54. The number of methoxy groups -OCH3 is 1. The van der Waals surface area contributed by atoms with Crippen molar-refractivity contribution in [2.24, 2.45) is 7.05 Å². The second kappa shape index (κ2) is 6.89. The number of aryl methyl sites for hydroxylation is 1. The smallest absolute Gasteiger partial charge is 0.254 e. The molecule has 1 fully saturated rings. The molecular formula is C21H26N2O3. The average Bonchev–Trinajstić information content (AvgIpc) is 2.67. The third-order valence-electron chi connectivity index (χ3n) is 5.80. The van der Waals surface area contributed by atoms with Gasteiger partial charge in [-0.3, -0.25) is 9.69 Å². The van der Waals surface area contributed by atoms with Crippen LogP contribution in [0.25, 0.3) is 0 Å². The Kier molecular flexibility index (Phi) is 4.59. The van der Waals surface area contributed by atoms with E-state index in [2.05, 4.69) is 17.0 Å². The number of rotatable bonds is 3. The van der Waals surface area contributed by atoms with Crippen molar-refractivity contribution in [3.8, 4) is 5.75 Å². The second-order valence-corrected chi connectivity index (χ2v) is 7.31. The number of ether oxygens (including phenoxy) is 2. The third-order valence-corrected chi connectivity index (χ3v) is 5.80. The van der Waals surface area contributed by atoms with Crippen molar-refractivity contribution in [2.45, 2.75) is 31.4 Å². The first-order chi connectivity index (χ1) is 12.6. The van der Waals surface area contributed by atoms with Gasteiger partial charge in [-0.2, -0.15) is 0 Å². The van der Waals surface area contributed by atoms with E-state index in [9.17, 15) is 4.79 Å². The molecule has 5 heteroatoms. The van der Waals surface area contributed by atoms with Gasteiger partial charge >= 0.3 is 0 Å². The Bertz CT molecular complexity index is 836. The topological polar surface area (TPSA) is 43.7 Å². The number of piperidine rings is 1. The van der Waals surface area contributed by atoms with Gasteiger partial charge in [0.05, 0.1) is 19.3 Å². The minimum Gasteiger partial charge on any atom is -0.496 e. The summed E-state index contributed by atoms with van der Waals surface area (Å²) in [6.07, 6.45) is 4.59. The lowest BCUT2D eigenvalue weighted by Crippen LogP contribution is -2.47. The first-order valence-corrected chi connectivity index (χ1v) is 9.30. The van der Waals surface area contributed by atoms with Gasteiger partial charge in [0.1, 0.15) is 5.75 Å². The van der Waals surface area contributed by atoms with Gasteiger partial charge in [-0.05, 0) is 37.0 Å². The monoisotopic (exact) mass is 354 g/mol. The number of hydrogen-bond donors (Lipinski definition) is 0. The van der Waals surface area contributed by atoms with Crippen molar-refractivity contribution in [2.75, 3.05) is 26.8 Å². The van der Waals surface area contributed by atoms with Gasteiger partial charge in [0.25, 0.3) is 5.56 Å². The molecule has 2 aromatic rings. The molecule has 0 atom stereocenters. The largest absolute Gasteiger partial charge is 0.496 e. The highest BCUT2D eigenvalue weighted by atomic mass is 16.5. The molecular weight excluding hydrogens is 328 g/mol. The van der Waals surface area contributed by atoms with Crippen LogP contribution in [0.15, 0.2) is 41.3 Å². The van der Waals surface area contributed by atoms with Crippen LogP contribution in [-0.2, 0) is 30.4 Å².